The number of rotatable bonds is 2. The Morgan fingerprint density at radius 2 is 1.92 bits per heavy atom. The number of diazo groups is 1. The first-order valence-corrected chi connectivity index (χ1v) is 3.98. The average molecular weight is 166 g/mol. The highest BCUT2D eigenvalue weighted by molar-refractivity contribution is 5.29. The summed E-state index contributed by atoms with van der Waals surface area (Å²) in [5.41, 5.74) is 7.84. The minimum Gasteiger partial charge on any atom is -0.392 e. The molecule has 0 bridgehead atoms. The summed E-state index contributed by atoms with van der Waals surface area (Å²) >= 11 is 0. The van der Waals surface area contributed by atoms with Crippen LogP contribution in [0.5, 0.6) is 0 Å². The molecule has 0 spiro atoms. The molecule has 0 unspecified atom stereocenters. The molecule has 0 aliphatic heterocycles. The summed E-state index contributed by atoms with van der Waals surface area (Å²) in [6.45, 7) is 7.76. The van der Waals surface area contributed by atoms with Crippen molar-refractivity contribution in [2.24, 2.45) is 11.7 Å². The van der Waals surface area contributed by atoms with E-state index in [1.165, 1.54) is 0 Å². The predicted molar refractivity (Wildman–Crippen MR) is 50.6 cm³/mol. The summed E-state index contributed by atoms with van der Waals surface area (Å²) < 4.78 is 0. The monoisotopic (exact) mass is 166 g/mol. The number of nitrogens with two attached hydrogens (primary N) is 1. The van der Waals surface area contributed by atoms with Gasteiger partial charge in [-0.15, -0.1) is 0 Å². The molecule has 0 aliphatic rings. The van der Waals surface area contributed by atoms with Crippen LogP contribution in [-0.4, -0.2) is 0 Å². The molecule has 0 heterocycles. The zero-order chi connectivity index (χ0) is 9.72. The lowest BCUT2D eigenvalue weighted by atomic mass is 10.1. The van der Waals surface area contributed by atoms with Gasteiger partial charge >= 0.3 is 5.70 Å². The molecule has 0 aromatic rings. The highest BCUT2D eigenvalue weighted by atomic mass is 14.9. The zero-order valence-corrected chi connectivity index (χ0v) is 8.13. The van der Waals surface area contributed by atoms with E-state index >= 15 is 0 Å². The third kappa shape index (κ3) is 3.20. The third-order valence-electron chi connectivity index (χ3n) is 1.39. The van der Waals surface area contributed by atoms with Crippen LogP contribution in [0.25, 0.3) is 4.98 Å². The van der Waals surface area contributed by atoms with Crippen molar-refractivity contribution >= 4 is 0 Å². The van der Waals surface area contributed by atoms with E-state index in [-0.39, 0.29) is 5.92 Å². The first-order chi connectivity index (χ1) is 5.49. The van der Waals surface area contributed by atoms with Gasteiger partial charge in [0.05, 0.1) is 5.92 Å². The van der Waals surface area contributed by atoms with Crippen LogP contribution in [-0.2, 0) is 0 Å². The Labute approximate surface area is 73.6 Å². The number of allylic oxidation sites excluding steroid dienone is 3. The minimum atomic E-state index is 0.144. The molecule has 3 heteroatoms. The fourth-order valence-electron chi connectivity index (χ4n) is 0.891. The maximum absolute atomic E-state index is 8.64. The van der Waals surface area contributed by atoms with E-state index in [1.807, 2.05) is 27.7 Å². The van der Waals surface area contributed by atoms with Crippen molar-refractivity contribution in [2.75, 3.05) is 0 Å². The molecule has 0 atom stereocenters. The van der Waals surface area contributed by atoms with Crippen LogP contribution in [0, 0.1) is 11.3 Å². The Hall–Kier alpha value is -1.30. The lowest BCUT2D eigenvalue weighted by molar-refractivity contribution is 0.775. The molecule has 2 N–H and O–H groups in total. The van der Waals surface area contributed by atoms with Crippen LogP contribution in [0.15, 0.2) is 23.0 Å². The van der Waals surface area contributed by atoms with Gasteiger partial charge in [-0.1, -0.05) is 19.4 Å². The molecule has 0 amide bonds. The summed E-state index contributed by atoms with van der Waals surface area (Å²) in [6.07, 6.45) is 1.80. The first-order valence-electron chi connectivity index (χ1n) is 3.98. The third-order valence-corrected chi connectivity index (χ3v) is 1.39. The van der Waals surface area contributed by atoms with Crippen LogP contribution >= 0.6 is 0 Å². The summed E-state index contributed by atoms with van der Waals surface area (Å²) in [4.78, 5) is 3.15. The molecule has 3 nitrogen and oxygen atoms in total. The van der Waals surface area contributed by atoms with Gasteiger partial charge in [0.1, 0.15) is 5.70 Å². The molecule has 0 rings (SSSR count). The summed E-state index contributed by atoms with van der Waals surface area (Å²) in [6, 6.07) is 0. The van der Waals surface area contributed by atoms with Crippen molar-refractivity contribution in [3.63, 3.8) is 0 Å². The van der Waals surface area contributed by atoms with Gasteiger partial charge in [-0.25, -0.2) is 0 Å². The Morgan fingerprint density at radius 3 is 2.17 bits per heavy atom. The number of nitrogens with zero attached hydrogens (tertiary/aromatic N) is 2. The maximum Gasteiger partial charge on any atom is 0.386 e. The highest BCUT2D eigenvalue weighted by Crippen LogP contribution is 2.14. The SMILES string of the molecule is CC(C)=CC(N)=C([N+]#N)C(C)C. The summed E-state index contributed by atoms with van der Waals surface area (Å²) in [5.74, 6) is 0.144. The Balaban J connectivity index is 4.90. The van der Waals surface area contributed by atoms with Crippen LogP contribution in [0.3, 0.4) is 0 Å². The Kier molecular flexibility index (Phi) is 4.06. The summed E-state index contributed by atoms with van der Waals surface area (Å²) in [7, 11) is 0. The van der Waals surface area contributed by atoms with Crippen molar-refractivity contribution in [3.05, 3.63) is 28.0 Å². The van der Waals surface area contributed by atoms with Gasteiger partial charge in [0, 0.05) is 0 Å². The normalized spacial score (nSPS) is 12.0. The molecule has 0 saturated heterocycles. The van der Waals surface area contributed by atoms with E-state index < -0.39 is 0 Å². The van der Waals surface area contributed by atoms with Crippen LogP contribution < -0.4 is 5.73 Å². The van der Waals surface area contributed by atoms with E-state index in [9.17, 15) is 0 Å². The van der Waals surface area contributed by atoms with E-state index in [1.54, 1.807) is 6.08 Å². The van der Waals surface area contributed by atoms with Crippen molar-refractivity contribution in [1.82, 2.24) is 0 Å². The molecule has 12 heavy (non-hydrogen) atoms. The summed E-state index contributed by atoms with van der Waals surface area (Å²) in [5, 5.41) is 8.64. The fourth-order valence-corrected chi connectivity index (χ4v) is 0.891. The quantitative estimate of drug-likeness (QED) is 0.506. The zero-order valence-electron chi connectivity index (χ0n) is 8.13. The van der Waals surface area contributed by atoms with Gasteiger partial charge in [-0.05, 0) is 19.9 Å². The molecule has 0 fully saturated rings. The van der Waals surface area contributed by atoms with Crippen molar-refractivity contribution in [1.29, 1.82) is 5.39 Å². The second-order valence-corrected chi connectivity index (χ2v) is 3.32. The lowest BCUT2D eigenvalue weighted by Gasteiger charge is -1.94. The molecule has 66 valence electrons. The van der Waals surface area contributed by atoms with Gasteiger partial charge in [0.15, 0.2) is 4.98 Å². The van der Waals surface area contributed by atoms with Crippen LogP contribution in [0.1, 0.15) is 27.7 Å². The van der Waals surface area contributed by atoms with Gasteiger partial charge in [0.2, 0.25) is 5.39 Å². The lowest BCUT2D eigenvalue weighted by Crippen LogP contribution is -2.02. The van der Waals surface area contributed by atoms with Crippen molar-refractivity contribution in [2.45, 2.75) is 27.7 Å². The molecular formula is C9H16N3+. The first kappa shape index (κ1) is 10.7. The topological polar surface area (TPSA) is 54.2 Å². The molecule has 0 aliphatic carbocycles. The molecule has 0 aromatic carbocycles. The predicted octanol–water partition coefficient (Wildman–Crippen LogP) is 2.63. The van der Waals surface area contributed by atoms with Crippen LogP contribution in [0.4, 0.5) is 0 Å². The smallest absolute Gasteiger partial charge is 0.386 e. The number of hydrogen-bond acceptors (Lipinski definition) is 2. The van der Waals surface area contributed by atoms with E-state index in [0.717, 1.165) is 5.57 Å². The molecule has 0 saturated carbocycles. The second-order valence-electron chi connectivity index (χ2n) is 3.32. The maximum atomic E-state index is 8.64. The van der Waals surface area contributed by atoms with Gasteiger partial charge in [0.25, 0.3) is 0 Å². The van der Waals surface area contributed by atoms with Gasteiger partial charge < -0.3 is 5.73 Å². The molecular weight excluding hydrogens is 150 g/mol. The molecule has 0 aromatic heterocycles. The van der Waals surface area contributed by atoms with Crippen molar-refractivity contribution < 1.29 is 0 Å². The van der Waals surface area contributed by atoms with E-state index in [2.05, 4.69) is 4.98 Å². The van der Waals surface area contributed by atoms with E-state index in [0.29, 0.717) is 11.4 Å². The Morgan fingerprint density at radius 1 is 1.42 bits per heavy atom. The molecule has 0 radical (unpaired) electrons. The van der Waals surface area contributed by atoms with Crippen molar-refractivity contribution in [3.8, 4) is 0 Å². The number of hydrogen-bond donors (Lipinski definition) is 1. The standard InChI is InChI=1S/C9H16N3/c1-6(2)5-8(10)9(12-11)7(3)4/h5,7H,10H2,1-4H3/q+1. The largest absolute Gasteiger partial charge is 0.392 e. The van der Waals surface area contributed by atoms with Gasteiger partial charge in [-0.2, -0.15) is 0 Å². The minimum absolute atomic E-state index is 0.144. The average Bonchev–Trinajstić information content (AvgIpc) is 1.85. The second kappa shape index (κ2) is 4.55. The van der Waals surface area contributed by atoms with Gasteiger partial charge in [-0.3, -0.25) is 0 Å². The highest BCUT2D eigenvalue weighted by Gasteiger charge is 2.19. The van der Waals surface area contributed by atoms with Crippen LogP contribution in [0.2, 0.25) is 0 Å². The van der Waals surface area contributed by atoms with E-state index in [4.69, 9.17) is 11.1 Å². The fraction of sp³-hybridized carbons (Fsp3) is 0.556. The Bertz CT molecular complexity index is 249.